The minimum absolute atomic E-state index is 0.803. The van der Waals surface area contributed by atoms with Gasteiger partial charge in [-0.05, 0) is 42.0 Å². The highest BCUT2D eigenvalue weighted by molar-refractivity contribution is 9.08. The van der Waals surface area contributed by atoms with E-state index in [2.05, 4.69) is 15.9 Å². The van der Waals surface area contributed by atoms with Gasteiger partial charge in [0.05, 0.1) is 7.11 Å². The molecule has 0 heterocycles. The van der Waals surface area contributed by atoms with Crippen LogP contribution < -0.4 is 9.47 Å². The molecule has 0 fully saturated rings. The number of alkyl halides is 1. The predicted octanol–water partition coefficient (Wildman–Crippen LogP) is 4.38. The number of benzene rings is 2. The van der Waals surface area contributed by atoms with Crippen molar-refractivity contribution >= 4 is 15.9 Å². The zero-order valence-corrected chi connectivity index (χ0v) is 11.1. The third kappa shape index (κ3) is 3.24. The van der Waals surface area contributed by atoms with Gasteiger partial charge in [0, 0.05) is 5.33 Å². The maximum absolute atomic E-state index is 5.71. The summed E-state index contributed by atoms with van der Waals surface area (Å²) >= 11 is 3.41. The average Bonchev–Trinajstić information content (AvgIpc) is 2.40. The second-order valence-corrected chi connectivity index (χ2v) is 4.12. The van der Waals surface area contributed by atoms with Gasteiger partial charge in [-0.3, -0.25) is 0 Å². The number of rotatable bonds is 4. The molecule has 0 N–H and O–H groups in total. The Morgan fingerprint density at radius 1 is 0.824 bits per heavy atom. The molecule has 0 amide bonds. The summed E-state index contributed by atoms with van der Waals surface area (Å²) in [5.74, 6) is 2.46. The minimum Gasteiger partial charge on any atom is -0.497 e. The summed E-state index contributed by atoms with van der Waals surface area (Å²) in [6, 6.07) is 15.5. The lowest BCUT2D eigenvalue weighted by Crippen LogP contribution is -1.86. The van der Waals surface area contributed by atoms with E-state index in [-0.39, 0.29) is 0 Å². The first-order chi connectivity index (χ1) is 8.31. The first-order valence-electron chi connectivity index (χ1n) is 5.28. The number of hydrogen-bond acceptors (Lipinski definition) is 2. The van der Waals surface area contributed by atoms with E-state index in [0.717, 1.165) is 22.6 Å². The van der Waals surface area contributed by atoms with E-state index in [1.807, 2.05) is 48.5 Å². The summed E-state index contributed by atoms with van der Waals surface area (Å²) in [6.07, 6.45) is 0. The van der Waals surface area contributed by atoms with Crippen LogP contribution in [-0.4, -0.2) is 7.11 Å². The molecule has 0 unspecified atom stereocenters. The molecule has 0 aromatic heterocycles. The first kappa shape index (κ1) is 12.0. The summed E-state index contributed by atoms with van der Waals surface area (Å²) in [7, 11) is 1.65. The summed E-state index contributed by atoms with van der Waals surface area (Å²) in [5.41, 5.74) is 1.23. The van der Waals surface area contributed by atoms with Gasteiger partial charge in [0.1, 0.15) is 17.2 Å². The van der Waals surface area contributed by atoms with E-state index in [4.69, 9.17) is 9.47 Å². The average molecular weight is 293 g/mol. The monoisotopic (exact) mass is 292 g/mol. The Balaban J connectivity index is 2.08. The number of ether oxygens (including phenoxy) is 2. The standard InChI is InChI=1S/C14H13BrO2/c1-16-12-6-8-14(9-7-12)17-13-4-2-11(10-15)3-5-13/h2-9H,10H2,1H3. The summed E-state index contributed by atoms with van der Waals surface area (Å²) in [6.45, 7) is 0. The summed E-state index contributed by atoms with van der Waals surface area (Å²) in [5, 5.41) is 0.857. The molecule has 3 heteroatoms. The van der Waals surface area contributed by atoms with Crippen LogP contribution in [0.25, 0.3) is 0 Å². The molecule has 0 saturated heterocycles. The largest absolute Gasteiger partial charge is 0.497 e. The molecule has 0 aliphatic heterocycles. The molecule has 0 aliphatic carbocycles. The van der Waals surface area contributed by atoms with E-state index in [0.29, 0.717) is 0 Å². The van der Waals surface area contributed by atoms with Gasteiger partial charge in [-0.2, -0.15) is 0 Å². The SMILES string of the molecule is COc1ccc(Oc2ccc(CBr)cc2)cc1. The fourth-order valence-corrected chi connectivity index (χ4v) is 1.80. The molecule has 2 rings (SSSR count). The van der Waals surface area contributed by atoms with E-state index < -0.39 is 0 Å². The van der Waals surface area contributed by atoms with Crippen LogP contribution in [0.2, 0.25) is 0 Å². The van der Waals surface area contributed by atoms with Crippen molar-refractivity contribution in [3.05, 3.63) is 54.1 Å². The van der Waals surface area contributed by atoms with Gasteiger partial charge >= 0.3 is 0 Å². The van der Waals surface area contributed by atoms with Gasteiger partial charge < -0.3 is 9.47 Å². The van der Waals surface area contributed by atoms with Crippen molar-refractivity contribution in [3.8, 4) is 17.2 Å². The zero-order chi connectivity index (χ0) is 12.1. The smallest absolute Gasteiger partial charge is 0.127 e. The molecule has 0 radical (unpaired) electrons. The maximum Gasteiger partial charge on any atom is 0.127 e. The number of halogens is 1. The predicted molar refractivity (Wildman–Crippen MR) is 72.1 cm³/mol. The van der Waals surface area contributed by atoms with Crippen molar-refractivity contribution in [1.82, 2.24) is 0 Å². The van der Waals surface area contributed by atoms with Gasteiger partial charge in [-0.15, -0.1) is 0 Å². The molecule has 2 nitrogen and oxygen atoms in total. The highest BCUT2D eigenvalue weighted by atomic mass is 79.9. The van der Waals surface area contributed by atoms with E-state index in [1.54, 1.807) is 7.11 Å². The molecule has 88 valence electrons. The van der Waals surface area contributed by atoms with Crippen LogP contribution in [0.3, 0.4) is 0 Å². The van der Waals surface area contributed by atoms with E-state index in [9.17, 15) is 0 Å². The Hall–Kier alpha value is -1.48. The lowest BCUT2D eigenvalue weighted by atomic mass is 10.2. The van der Waals surface area contributed by atoms with E-state index in [1.165, 1.54) is 5.56 Å². The van der Waals surface area contributed by atoms with Crippen molar-refractivity contribution in [1.29, 1.82) is 0 Å². The lowest BCUT2D eigenvalue weighted by molar-refractivity contribution is 0.413. The second kappa shape index (κ2) is 5.73. The number of hydrogen-bond donors (Lipinski definition) is 0. The topological polar surface area (TPSA) is 18.5 Å². The molecule has 0 bridgehead atoms. The van der Waals surface area contributed by atoms with Gasteiger partial charge in [0.25, 0.3) is 0 Å². The Morgan fingerprint density at radius 3 is 1.76 bits per heavy atom. The maximum atomic E-state index is 5.71. The van der Waals surface area contributed by atoms with Crippen LogP contribution in [0, 0.1) is 0 Å². The van der Waals surface area contributed by atoms with Gasteiger partial charge in [0.2, 0.25) is 0 Å². The Bertz CT molecular complexity index is 417. The molecular weight excluding hydrogens is 280 g/mol. The Kier molecular flexibility index (Phi) is 4.04. The molecular formula is C14H13BrO2. The highest BCUT2D eigenvalue weighted by Crippen LogP contribution is 2.24. The molecule has 0 spiro atoms. The minimum atomic E-state index is 0.803. The second-order valence-electron chi connectivity index (χ2n) is 3.56. The highest BCUT2D eigenvalue weighted by Gasteiger charge is 1.98. The van der Waals surface area contributed by atoms with Gasteiger partial charge in [-0.1, -0.05) is 28.1 Å². The Labute approximate surface area is 109 Å². The van der Waals surface area contributed by atoms with E-state index >= 15 is 0 Å². The van der Waals surface area contributed by atoms with Crippen LogP contribution in [0.1, 0.15) is 5.56 Å². The van der Waals surface area contributed by atoms with Crippen LogP contribution in [0.15, 0.2) is 48.5 Å². The third-order valence-electron chi connectivity index (χ3n) is 2.37. The first-order valence-corrected chi connectivity index (χ1v) is 6.41. The molecule has 2 aromatic rings. The van der Waals surface area contributed by atoms with Gasteiger partial charge in [0.15, 0.2) is 0 Å². The zero-order valence-electron chi connectivity index (χ0n) is 9.52. The normalized spacial score (nSPS) is 10.0. The third-order valence-corrected chi connectivity index (χ3v) is 3.02. The molecule has 17 heavy (non-hydrogen) atoms. The summed E-state index contributed by atoms with van der Waals surface area (Å²) < 4.78 is 10.8. The van der Waals surface area contributed by atoms with Crippen molar-refractivity contribution < 1.29 is 9.47 Å². The lowest BCUT2D eigenvalue weighted by Gasteiger charge is -2.07. The van der Waals surface area contributed by atoms with Gasteiger partial charge in [-0.25, -0.2) is 0 Å². The molecule has 0 saturated carbocycles. The molecule has 0 atom stereocenters. The molecule has 0 aliphatic rings. The summed E-state index contributed by atoms with van der Waals surface area (Å²) in [4.78, 5) is 0. The van der Waals surface area contributed by atoms with Crippen LogP contribution >= 0.6 is 15.9 Å². The molecule has 2 aromatic carbocycles. The fraction of sp³-hybridized carbons (Fsp3) is 0.143. The fourth-order valence-electron chi connectivity index (χ4n) is 1.43. The number of methoxy groups -OCH3 is 1. The van der Waals surface area contributed by atoms with Crippen molar-refractivity contribution in [2.75, 3.05) is 7.11 Å². The van der Waals surface area contributed by atoms with Crippen molar-refractivity contribution in [3.63, 3.8) is 0 Å². The Morgan fingerprint density at radius 2 is 1.29 bits per heavy atom. The quantitative estimate of drug-likeness (QED) is 0.779. The van der Waals surface area contributed by atoms with Crippen LogP contribution in [0.5, 0.6) is 17.2 Å². The van der Waals surface area contributed by atoms with Crippen molar-refractivity contribution in [2.45, 2.75) is 5.33 Å². The van der Waals surface area contributed by atoms with Crippen LogP contribution in [-0.2, 0) is 5.33 Å². The van der Waals surface area contributed by atoms with Crippen molar-refractivity contribution in [2.24, 2.45) is 0 Å². The van der Waals surface area contributed by atoms with Crippen LogP contribution in [0.4, 0.5) is 0 Å².